The van der Waals surface area contributed by atoms with Crippen LogP contribution in [0.5, 0.6) is 0 Å². The number of likely N-dealkylation sites (N-methyl/N-ethyl adjacent to an activating group) is 1. The number of nitrogens with one attached hydrogen (secondary N) is 2. The van der Waals surface area contributed by atoms with Crippen LogP contribution in [-0.4, -0.2) is 108 Å². The standard InChI is InChI=1S/C39H55ClN4O9S2/c1-21-12-11-13-23(3)39(50)20-29(51-37(49)42-39)24(4)34-38(7,53-34)30(19-32(46)44(10)28-18-27(16-21)17-22(2)33(28)40)52-36(48)25(5)43(9)31(45)14-15-54-55-26(6)35(47)41-8/h11-13,17-18,23-26,29-30,34,50H,14-16,19-20H2,1-10H3,(H,41,47)(H,42,49)/b13-11+,21-12+/t23-,24-,25+,26?,29?,30+,34+,38+,39+/m1/s1. The molecule has 0 spiro atoms. The number of anilines is 1. The van der Waals surface area contributed by atoms with Gasteiger partial charge in [0.25, 0.3) is 0 Å². The SMILES string of the molecule is CNC(=O)C(C)SSCCC(=O)N(C)[C@@H](C)C(=O)O[C@H]1CC(=O)N(C)c2cc(cc(C)c2Cl)C/C(C)=C/C=C/[C@@H](C)[C@@]2(O)CC(OC(=O)N2)[C@@H](C)[C@@H]2O[C@@]12C. The van der Waals surface area contributed by atoms with E-state index >= 15 is 0 Å². The number of nitrogens with zero attached hydrogens (tertiary/aromatic N) is 2. The monoisotopic (exact) mass is 822 g/mol. The summed E-state index contributed by atoms with van der Waals surface area (Å²) in [4.78, 5) is 68.4. The molecular formula is C39H55ClN4O9S2. The summed E-state index contributed by atoms with van der Waals surface area (Å²) < 4.78 is 18.1. The van der Waals surface area contributed by atoms with Crippen LogP contribution in [0.3, 0.4) is 0 Å². The summed E-state index contributed by atoms with van der Waals surface area (Å²) in [5, 5.41) is 17.0. The fourth-order valence-corrected chi connectivity index (χ4v) is 9.27. The van der Waals surface area contributed by atoms with Crippen LogP contribution in [-0.2, 0) is 39.8 Å². The van der Waals surface area contributed by atoms with Crippen molar-refractivity contribution in [2.45, 2.75) is 115 Å². The minimum Gasteiger partial charge on any atom is -0.457 e. The number of benzene rings is 1. The van der Waals surface area contributed by atoms with Crippen molar-refractivity contribution >= 4 is 68.7 Å². The highest BCUT2D eigenvalue weighted by molar-refractivity contribution is 8.77. The number of aliphatic hydroxyl groups is 1. The summed E-state index contributed by atoms with van der Waals surface area (Å²) >= 11 is 6.78. The summed E-state index contributed by atoms with van der Waals surface area (Å²) in [6.45, 7) is 12.6. The quantitative estimate of drug-likeness (QED) is 0.127. The first-order valence-corrected chi connectivity index (χ1v) is 21.2. The van der Waals surface area contributed by atoms with Crippen molar-refractivity contribution in [3.05, 3.63) is 52.1 Å². The zero-order chi connectivity index (χ0) is 41.0. The van der Waals surface area contributed by atoms with Crippen molar-refractivity contribution in [2.24, 2.45) is 11.8 Å². The molecule has 0 aliphatic carbocycles. The van der Waals surface area contributed by atoms with Gasteiger partial charge in [-0.25, -0.2) is 9.59 Å². The van der Waals surface area contributed by atoms with Crippen molar-refractivity contribution in [3.8, 4) is 0 Å². The van der Waals surface area contributed by atoms with Gasteiger partial charge in [0, 0.05) is 51.6 Å². The number of rotatable bonds is 9. The Labute approximate surface area is 337 Å². The molecule has 0 aromatic heterocycles. The molecule has 16 heteroatoms. The molecule has 4 bridgehead atoms. The van der Waals surface area contributed by atoms with Gasteiger partial charge in [-0.1, -0.05) is 76.9 Å². The van der Waals surface area contributed by atoms with Gasteiger partial charge in [0.2, 0.25) is 17.7 Å². The van der Waals surface area contributed by atoms with Crippen LogP contribution in [0.1, 0.15) is 71.9 Å². The number of allylic oxidation sites excluding steroid dienone is 3. The van der Waals surface area contributed by atoms with Crippen LogP contribution in [0, 0.1) is 18.8 Å². The number of esters is 1. The molecule has 3 N–H and O–H groups in total. The average Bonchev–Trinajstić information content (AvgIpc) is 3.83. The predicted molar refractivity (Wildman–Crippen MR) is 216 cm³/mol. The molecule has 3 aliphatic heterocycles. The van der Waals surface area contributed by atoms with Crippen molar-refractivity contribution in [1.82, 2.24) is 15.5 Å². The second-order valence-electron chi connectivity index (χ2n) is 15.1. The molecule has 2 saturated heterocycles. The van der Waals surface area contributed by atoms with E-state index in [0.29, 0.717) is 22.9 Å². The number of alkyl carbamates (subject to hydrolysis) is 1. The van der Waals surface area contributed by atoms with Crippen LogP contribution >= 0.6 is 33.2 Å². The third-order valence-electron chi connectivity index (χ3n) is 10.9. The molecule has 3 aliphatic rings. The summed E-state index contributed by atoms with van der Waals surface area (Å²) in [5.74, 6) is -2.05. The van der Waals surface area contributed by atoms with Gasteiger partial charge in [0.1, 0.15) is 29.6 Å². The van der Waals surface area contributed by atoms with Gasteiger partial charge >= 0.3 is 12.1 Å². The Morgan fingerprint density at radius 2 is 1.91 bits per heavy atom. The first kappa shape index (κ1) is 44.5. The number of hydrogen-bond donors (Lipinski definition) is 3. The Hall–Kier alpha value is -3.24. The molecule has 0 radical (unpaired) electrons. The Kier molecular flexibility index (Phi) is 14.8. The van der Waals surface area contributed by atoms with E-state index in [9.17, 15) is 29.1 Å². The van der Waals surface area contributed by atoms with Crippen molar-refractivity contribution < 1.29 is 43.3 Å². The van der Waals surface area contributed by atoms with Crippen molar-refractivity contribution in [1.29, 1.82) is 0 Å². The fourth-order valence-electron chi connectivity index (χ4n) is 6.86. The van der Waals surface area contributed by atoms with Gasteiger partial charge in [0.15, 0.2) is 0 Å². The van der Waals surface area contributed by atoms with E-state index in [2.05, 4.69) is 10.6 Å². The van der Waals surface area contributed by atoms with Crippen LogP contribution in [0.2, 0.25) is 5.02 Å². The fraction of sp³-hybridized carbons (Fsp3) is 0.615. The Morgan fingerprint density at radius 1 is 1.22 bits per heavy atom. The van der Waals surface area contributed by atoms with Gasteiger partial charge < -0.3 is 34.4 Å². The molecule has 1 aromatic carbocycles. The lowest BCUT2D eigenvalue weighted by atomic mass is 9.82. The molecule has 2 fully saturated rings. The molecule has 2 unspecified atom stereocenters. The van der Waals surface area contributed by atoms with Gasteiger partial charge in [-0.15, -0.1) is 0 Å². The lowest BCUT2D eigenvalue weighted by molar-refractivity contribution is -0.161. The number of carbonyl (C=O) groups is 5. The molecule has 4 rings (SSSR count). The van der Waals surface area contributed by atoms with Gasteiger partial charge in [-0.2, -0.15) is 0 Å². The maximum atomic E-state index is 14.1. The number of hydrogen-bond acceptors (Lipinski definition) is 11. The van der Waals surface area contributed by atoms with E-state index in [-0.39, 0.29) is 42.2 Å². The molecule has 304 valence electrons. The van der Waals surface area contributed by atoms with E-state index in [1.807, 2.05) is 58.1 Å². The zero-order valence-electron chi connectivity index (χ0n) is 33.3. The highest BCUT2D eigenvalue weighted by Crippen LogP contribution is 2.49. The topological polar surface area (TPSA) is 167 Å². The zero-order valence-corrected chi connectivity index (χ0v) is 35.7. The second-order valence-corrected chi connectivity index (χ2v) is 18.3. The van der Waals surface area contributed by atoms with E-state index in [1.165, 1.54) is 38.4 Å². The molecule has 9 atom stereocenters. The number of fused-ring (bicyclic) bond motifs is 5. The number of carbonyl (C=O) groups excluding carboxylic acids is 5. The Balaban J connectivity index is 1.62. The maximum absolute atomic E-state index is 14.1. The van der Waals surface area contributed by atoms with Gasteiger partial charge in [0.05, 0.1) is 28.5 Å². The summed E-state index contributed by atoms with van der Waals surface area (Å²) in [6, 6.07) is 2.83. The number of halogens is 1. The minimum absolute atomic E-state index is 0.0607. The number of amides is 4. The Morgan fingerprint density at radius 3 is 2.58 bits per heavy atom. The van der Waals surface area contributed by atoms with Crippen LogP contribution in [0.25, 0.3) is 0 Å². The van der Waals surface area contributed by atoms with Crippen LogP contribution < -0.4 is 15.5 Å². The largest absolute Gasteiger partial charge is 0.457 e. The average molecular weight is 823 g/mol. The molecule has 55 heavy (non-hydrogen) atoms. The lowest BCUT2D eigenvalue weighted by Crippen LogP contribution is -2.60. The summed E-state index contributed by atoms with van der Waals surface area (Å²) in [7, 11) is 7.45. The second kappa shape index (κ2) is 18.4. The minimum atomic E-state index is -1.61. The first-order valence-electron chi connectivity index (χ1n) is 18.5. The molecule has 13 nitrogen and oxygen atoms in total. The molecule has 3 heterocycles. The third kappa shape index (κ3) is 10.6. The normalized spacial score (nSPS) is 31.0. The number of aryl methyl sites for hydroxylation is 1. The Bertz CT molecular complexity index is 1710. The van der Waals surface area contributed by atoms with E-state index in [0.717, 1.165) is 16.7 Å². The highest BCUT2D eigenvalue weighted by Gasteiger charge is 2.64. The molecule has 0 saturated carbocycles. The van der Waals surface area contributed by atoms with Crippen LogP contribution in [0.4, 0.5) is 10.5 Å². The summed E-state index contributed by atoms with van der Waals surface area (Å²) in [6.07, 6.45) is 2.82. The van der Waals surface area contributed by atoms with Gasteiger partial charge in [-0.05, 0) is 58.2 Å². The van der Waals surface area contributed by atoms with Gasteiger partial charge in [-0.3, -0.25) is 19.7 Å². The lowest BCUT2D eigenvalue weighted by Gasteiger charge is -2.41. The highest BCUT2D eigenvalue weighted by atomic mass is 35.5. The molecular weight excluding hydrogens is 768 g/mol. The van der Waals surface area contributed by atoms with Crippen LogP contribution in [0.15, 0.2) is 35.9 Å². The smallest absolute Gasteiger partial charge is 0.409 e. The number of epoxide rings is 1. The first-order chi connectivity index (χ1) is 25.7. The summed E-state index contributed by atoms with van der Waals surface area (Å²) in [5.41, 5.74) is 0.435. The molecule has 1 aromatic rings. The van der Waals surface area contributed by atoms with Crippen molar-refractivity contribution in [2.75, 3.05) is 31.8 Å². The van der Waals surface area contributed by atoms with E-state index in [4.69, 9.17) is 25.8 Å². The van der Waals surface area contributed by atoms with E-state index < -0.39 is 59.6 Å². The predicted octanol–water partition coefficient (Wildman–Crippen LogP) is 5.34. The third-order valence-corrected chi connectivity index (χ3v) is 14.2. The number of ether oxygens (including phenoxy) is 3. The van der Waals surface area contributed by atoms with Crippen molar-refractivity contribution in [3.63, 3.8) is 0 Å². The maximum Gasteiger partial charge on any atom is 0.409 e. The molecule has 4 amide bonds. The van der Waals surface area contributed by atoms with E-state index in [1.54, 1.807) is 34.9 Å².